The van der Waals surface area contributed by atoms with Gasteiger partial charge >= 0.3 is 0 Å². The van der Waals surface area contributed by atoms with Crippen molar-refractivity contribution >= 4 is 0 Å². The number of hydrogen-bond donors (Lipinski definition) is 1. The molecule has 4 heteroatoms. The van der Waals surface area contributed by atoms with Crippen molar-refractivity contribution in [1.82, 2.24) is 20.2 Å². The van der Waals surface area contributed by atoms with Crippen molar-refractivity contribution in [2.75, 3.05) is 13.1 Å². The maximum absolute atomic E-state index is 4.39. The van der Waals surface area contributed by atoms with Crippen LogP contribution in [0.15, 0.2) is 18.5 Å². The second kappa shape index (κ2) is 6.64. The van der Waals surface area contributed by atoms with E-state index in [1.165, 1.54) is 6.42 Å². The maximum Gasteiger partial charge on any atom is 0.142 e. The molecule has 0 saturated carbocycles. The van der Waals surface area contributed by atoms with Gasteiger partial charge in [0.25, 0.3) is 0 Å². The summed E-state index contributed by atoms with van der Waals surface area (Å²) in [6.07, 6.45) is 6.02. The molecule has 0 bridgehead atoms. The van der Waals surface area contributed by atoms with E-state index in [4.69, 9.17) is 0 Å². The Morgan fingerprint density at radius 3 is 2.70 bits per heavy atom. The van der Waals surface area contributed by atoms with E-state index in [1.807, 2.05) is 18.5 Å². The minimum Gasteiger partial charge on any atom is -0.311 e. The molecule has 0 aromatic carbocycles. The van der Waals surface area contributed by atoms with Gasteiger partial charge in [-0.15, -0.1) is 0 Å². The second-order valence-electron chi connectivity index (χ2n) is 6.27. The van der Waals surface area contributed by atoms with E-state index in [1.54, 1.807) is 0 Å². The predicted molar refractivity (Wildman–Crippen MR) is 82.4 cm³/mol. The lowest BCUT2D eigenvalue weighted by Crippen LogP contribution is -2.64. The minimum atomic E-state index is 0.198. The Balaban J connectivity index is 2.11. The zero-order chi connectivity index (χ0) is 14.6. The first-order valence-corrected chi connectivity index (χ1v) is 7.83. The van der Waals surface area contributed by atoms with Crippen molar-refractivity contribution in [3.8, 4) is 0 Å². The topological polar surface area (TPSA) is 41.1 Å². The lowest BCUT2D eigenvalue weighted by atomic mass is 9.88. The average Bonchev–Trinajstić information content (AvgIpc) is 2.50. The van der Waals surface area contributed by atoms with E-state index < -0.39 is 0 Å². The van der Waals surface area contributed by atoms with E-state index in [0.717, 1.165) is 31.9 Å². The first kappa shape index (κ1) is 15.4. The van der Waals surface area contributed by atoms with Gasteiger partial charge in [-0.05, 0) is 25.3 Å². The van der Waals surface area contributed by atoms with E-state index >= 15 is 0 Å². The van der Waals surface area contributed by atoms with E-state index in [-0.39, 0.29) is 5.54 Å². The van der Waals surface area contributed by atoms with E-state index in [9.17, 15) is 0 Å². The molecule has 4 nitrogen and oxygen atoms in total. The van der Waals surface area contributed by atoms with Gasteiger partial charge in [0.15, 0.2) is 0 Å². The highest BCUT2D eigenvalue weighted by Gasteiger charge is 2.37. The van der Waals surface area contributed by atoms with Gasteiger partial charge in [-0.25, -0.2) is 9.97 Å². The summed E-state index contributed by atoms with van der Waals surface area (Å²) in [5.74, 6) is 1.63. The average molecular weight is 276 g/mol. The molecule has 1 aliphatic heterocycles. The number of rotatable bonds is 5. The molecule has 3 atom stereocenters. The Labute approximate surface area is 123 Å². The van der Waals surface area contributed by atoms with Crippen LogP contribution in [0.25, 0.3) is 0 Å². The zero-order valence-electron chi connectivity index (χ0n) is 13.3. The summed E-state index contributed by atoms with van der Waals surface area (Å²) in [6, 6.07) is 2.45. The predicted octanol–water partition coefficient (Wildman–Crippen LogP) is 2.47. The van der Waals surface area contributed by atoms with Crippen LogP contribution in [-0.4, -0.2) is 39.5 Å². The normalized spacial score (nSPS) is 29.3. The highest BCUT2D eigenvalue weighted by Crippen LogP contribution is 2.26. The van der Waals surface area contributed by atoms with Crippen molar-refractivity contribution in [3.05, 3.63) is 24.3 Å². The summed E-state index contributed by atoms with van der Waals surface area (Å²) in [6.45, 7) is 12.2. The first-order chi connectivity index (χ1) is 9.59. The van der Waals surface area contributed by atoms with Crippen LogP contribution in [-0.2, 0) is 6.54 Å². The van der Waals surface area contributed by atoms with Gasteiger partial charge in [0.05, 0.1) is 6.54 Å². The number of nitrogens with one attached hydrogen (secondary N) is 1. The summed E-state index contributed by atoms with van der Waals surface area (Å²) in [5, 5.41) is 3.74. The molecule has 1 aliphatic rings. The summed E-state index contributed by atoms with van der Waals surface area (Å²) >= 11 is 0. The van der Waals surface area contributed by atoms with Gasteiger partial charge in [0.1, 0.15) is 5.82 Å². The third-order valence-corrected chi connectivity index (χ3v) is 4.97. The lowest BCUT2D eigenvalue weighted by Gasteiger charge is -2.49. The Morgan fingerprint density at radius 1 is 1.40 bits per heavy atom. The zero-order valence-corrected chi connectivity index (χ0v) is 13.3. The molecule has 0 amide bonds. The minimum absolute atomic E-state index is 0.198. The van der Waals surface area contributed by atoms with Gasteiger partial charge in [0.2, 0.25) is 0 Å². The smallest absolute Gasteiger partial charge is 0.142 e. The fourth-order valence-corrected chi connectivity index (χ4v) is 2.84. The molecule has 1 aromatic heterocycles. The molecule has 1 N–H and O–H groups in total. The monoisotopic (exact) mass is 276 g/mol. The molecule has 0 spiro atoms. The number of hydrogen-bond acceptors (Lipinski definition) is 4. The lowest BCUT2D eigenvalue weighted by molar-refractivity contribution is 0.0273. The molecule has 112 valence electrons. The third-order valence-electron chi connectivity index (χ3n) is 4.97. The number of aromatic nitrogens is 2. The van der Waals surface area contributed by atoms with Crippen LogP contribution >= 0.6 is 0 Å². The van der Waals surface area contributed by atoms with Crippen LogP contribution in [0.1, 0.15) is 46.4 Å². The third kappa shape index (κ3) is 3.36. The van der Waals surface area contributed by atoms with Crippen molar-refractivity contribution in [2.24, 2.45) is 5.92 Å². The van der Waals surface area contributed by atoms with Crippen molar-refractivity contribution in [2.45, 2.75) is 58.7 Å². The van der Waals surface area contributed by atoms with Gasteiger partial charge < -0.3 is 5.32 Å². The molecule has 1 fully saturated rings. The maximum atomic E-state index is 4.39. The summed E-state index contributed by atoms with van der Waals surface area (Å²) in [4.78, 5) is 11.3. The molecule has 3 unspecified atom stereocenters. The fourth-order valence-electron chi connectivity index (χ4n) is 2.84. The second-order valence-corrected chi connectivity index (χ2v) is 6.27. The number of piperazine rings is 1. The van der Waals surface area contributed by atoms with E-state index in [2.05, 4.69) is 47.9 Å². The Morgan fingerprint density at radius 2 is 2.10 bits per heavy atom. The quantitative estimate of drug-likeness (QED) is 0.897. The molecule has 1 saturated heterocycles. The Bertz CT molecular complexity index is 408. The fraction of sp³-hybridized carbons (Fsp3) is 0.750. The standard InChI is InChI=1S/C16H28N4/c1-5-13(3)14-10-20(16(4,6-2)12-19-14)11-15-17-8-7-9-18-15/h7-9,13-14,19H,5-6,10-12H2,1-4H3. The van der Waals surface area contributed by atoms with Gasteiger partial charge in [-0.3, -0.25) is 4.90 Å². The highest BCUT2D eigenvalue weighted by atomic mass is 15.3. The SMILES string of the molecule is CCC(C)C1CN(Cc2ncccn2)C(C)(CC)CN1. The Kier molecular flexibility index (Phi) is 5.11. The van der Waals surface area contributed by atoms with Crippen molar-refractivity contribution in [3.63, 3.8) is 0 Å². The van der Waals surface area contributed by atoms with Crippen LogP contribution in [0, 0.1) is 5.92 Å². The van der Waals surface area contributed by atoms with Gasteiger partial charge in [-0.2, -0.15) is 0 Å². The largest absolute Gasteiger partial charge is 0.311 e. The molecule has 20 heavy (non-hydrogen) atoms. The molecule has 0 radical (unpaired) electrons. The summed E-state index contributed by atoms with van der Waals surface area (Å²) in [5.41, 5.74) is 0.198. The van der Waals surface area contributed by atoms with Crippen molar-refractivity contribution < 1.29 is 0 Å². The van der Waals surface area contributed by atoms with Crippen LogP contribution in [0.3, 0.4) is 0 Å². The molecule has 0 aliphatic carbocycles. The molecular weight excluding hydrogens is 248 g/mol. The van der Waals surface area contributed by atoms with Crippen LogP contribution in [0.5, 0.6) is 0 Å². The van der Waals surface area contributed by atoms with Crippen LogP contribution in [0.4, 0.5) is 0 Å². The highest BCUT2D eigenvalue weighted by molar-refractivity contribution is 4.99. The van der Waals surface area contributed by atoms with E-state index in [0.29, 0.717) is 12.0 Å². The van der Waals surface area contributed by atoms with Gasteiger partial charge in [-0.1, -0.05) is 27.2 Å². The molecule has 1 aromatic rings. The molecule has 2 heterocycles. The Hall–Kier alpha value is -1.00. The van der Waals surface area contributed by atoms with Crippen LogP contribution < -0.4 is 5.32 Å². The van der Waals surface area contributed by atoms with Gasteiger partial charge in [0, 0.05) is 37.1 Å². The molecular formula is C16H28N4. The number of nitrogens with zero attached hydrogens (tertiary/aromatic N) is 3. The summed E-state index contributed by atoms with van der Waals surface area (Å²) in [7, 11) is 0. The summed E-state index contributed by atoms with van der Waals surface area (Å²) < 4.78 is 0. The molecule has 2 rings (SSSR count). The first-order valence-electron chi connectivity index (χ1n) is 7.83. The van der Waals surface area contributed by atoms with Crippen molar-refractivity contribution in [1.29, 1.82) is 0 Å². The van der Waals surface area contributed by atoms with Crippen LogP contribution in [0.2, 0.25) is 0 Å².